The van der Waals surface area contributed by atoms with E-state index in [0.29, 0.717) is 11.9 Å². The lowest BCUT2D eigenvalue weighted by molar-refractivity contribution is 0.0215. The third kappa shape index (κ3) is 2.99. The molecule has 2 fully saturated rings. The summed E-state index contributed by atoms with van der Waals surface area (Å²) in [4.78, 5) is 5.28. The molecule has 2 nitrogen and oxygen atoms in total. The summed E-state index contributed by atoms with van der Waals surface area (Å²) in [6, 6.07) is 1.50. The number of nitrogens with zero attached hydrogens (tertiary/aromatic N) is 2. The van der Waals surface area contributed by atoms with Crippen molar-refractivity contribution in [1.82, 2.24) is 9.80 Å². The molecule has 2 unspecified atom stereocenters. The van der Waals surface area contributed by atoms with Gasteiger partial charge in [-0.25, -0.2) is 0 Å². The van der Waals surface area contributed by atoms with Crippen LogP contribution in [0.4, 0.5) is 0 Å². The fourth-order valence-electron chi connectivity index (χ4n) is 2.94. The number of piperidine rings is 1. The average molecular weight is 243 g/mol. The van der Waals surface area contributed by atoms with Gasteiger partial charge in [-0.15, -0.1) is 11.6 Å². The molecule has 2 aliphatic rings. The van der Waals surface area contributed by atoms with Crippen LogP contribution in [-0.2, 0) is 0 Å². The summed E-state index contributed by atoms with van der Waals surface area (Å²) < 4.78 is 0. The van der Waals surface area contributed by atoms with Crippen molar-refractivity contribution in [3.63, 3.8) is 0 Å². The van der Waals surface area contributed by atoms with Crippen LogP contribution in [-0.4, -0.2) is 53.9 Å². The molecule has 0 saturated carbocycles. The molecule has 2 rings (SSSR count). The average Bonchev–Trinajstić information content (AvgIpc) is 2.30. The van der Waals surface area contributed by atoms with Crippen LogP contribution in [0.15, 0.2) is 12.2 Å². The molecule has 0 aromatic heterocycles. The van der Waals surface area contributed by atoms with E-state index in [1.807, 2.05) is 0 Å². The van der Waals surface area contributed by atoms with Crippen LogP contribution >= 0.6 is 11.6 Å². The highest BCUT2D eigenvalue weighted by atomic mass is 35.5. The first kappa shape index (κ1) is 12.4. The number of allylic oxidation sites excluding steroid dienone is 1. The molecule has 0 radical (unpaired) electrons. The Bertz CT molecular complexity index is 242. The van der Waals surface area contributed by atoms with Gasteiger partial charge in [-0.05, 0) is 26.3 Å². The Morgan fingerprint density at radius 3 is 2.94 bits per heavy atom. The number of rotatable bonds is 3. The maximum Gasteiger partial charge on any atom is 0.0404 e. The Hall–Kier alpha value is -0.0500. The fourth-order valence-corrected chi connectivity index (χ4v) is 3.07. The topological polar surface area (TPSA) is 6.48 Å². The molecule has 92 valence electrons. The highest BCUT2D eigenvalue weighted by molar-refractivity contribution is 6.18. The monoisotopic (exact) mass is 242 g/mol. The summed E-state index contributed by atoms with van der Waals surface area (Å²) in [6.07, 6.45) is 8.47. The molecule has 0 aromatic rings. The normalized spacial score (nSPS) is 33.1. The van der Waals surface area contributed by atoms with Crippen molar-refractivity contribution in [2.45, 2.75) is 38.3 Å². The molecule has 0 N–H and O–H groups in total. The van der Waals surface area contributed by atoms with Crippen LogP contribution in [0, 0.1) is 0 Å². The Kier molecular flexibility index (Phi) is 4.68. The van der Waals surface area contributed by atoms with Crippen molar-refractivity contribution in [3.8, 4) is 0 Å². The SMILES string of the molecule is CC1CN2CCCCC2CN1CC=CCCl. The van der Waals surface area contributed by atoms with Gasteiger partial charge in [-0.1, -0.05) is 18.6 Å². The van der Waals surface area contributed by atoms with Crippen LogP contribution in [0.1, 0.15) is 26.2 Å². The zero-order valence-corrected chi connectivity index (χ0v) is 11.0. The van der Waals surface area contributed by atoms with Crippen LogP contribution in [0.3, 0.4) is 0 Å². The summed E-state index contributed by atoms with van der Waals surface area (Å²) in [5.74, 6) is 0.637. The number of hydrogen-bond acceptors (Lipinski definition) is 2. The van der Waals surface area contributed by atoms with Gasteiger partial charge in [0, 0.05) is 37.6 Å². The molecular weight excluding hydrogens is 220 g/mol. The molecule has 2 heterocycles. The molecule has 3 heteroatoms. The van der Waals surface area contributed by atoms with Gasteiger partial charge in [-0.2, -0.15) is 0 Å². The minimum atomic E-state index is 0.637. The van der Waals surface area contributed by atoms with Crippen molar-refractivity contribution in [2.24, 2.45) is 0 Å². The van der Waals surface area contributed by atoms with E-state index in [1.54, 1.807) is 0 Å². The third-order valence-electron chi connectivity index (χ3n) is 3.91. The summed E-state index contributed by atoms with van der Waals surface area (Å²) in [7, 11) is 0. The van der Waals surface area contributed by atoms with Crippen LogP contribution in [0.2, 0.25) is 0 Å². The Labute approximate surface area is 104 Å². The largest absolute Gasteiger partial charge is 0.298 e. The van der Waals surface area contributed by atoms with Crippen molar-refractivity contribution in [3.05, 3.63) is 12.2 Å². The number of halogens is 1. The number of alkyl halides is 1. The van der Waals surface area contributed by atoms with Crippen molar-refractivity contribution >= 4 is 11.6 Å². The highest BCUT2D eigenvalue weighted by Crippen LogP contribution is 2.23. The van der Waals surface area contributed by atoms with Gasteiger partial charge in [0.05, 0.1) is 0 Å². The smallest absolute Gasteiger partial charge is 0.0404 e. The quantitative estimate of drug-likeness (QED) is 0.554. The van der Waals surface area contributed by atoms with Gasteiger partial charge in [-0.3, -0.25) is 9.80 Å². The van der Waals surface area contributed by atoms with Gasteiger partial charge >= 0.3 is 0 Å². The summed E-state index contributed by atoms with van der Waals surface area (Å²) in [5, 5.41) is 0. The summed E-state index contributed by atoms with van der Waals surface area (Å²) >= 11 is 5.65. The molecule has 2 aliphatic heterocycles. The van der Waals surface area contributed by atoms with Gasteiger partial charge in [0.25, 0.3) is 0 Å². The van der Waals surface area contributed by atoms with Crippen molar-refractivity contribution in [1.29, 1.82) is 0 Å². The van der Waals surface area contributed by atoms with Gasteiger partial charge in [0.1, 0.15) is 0 Å². The maximum absolute atomic E-state index is 5.65. The minimum Gasteiger partial charge on any atom is -0.298 e. The van der Waals surface area contributed by atoms with E-state index in [1.165, 1.54) is 38.9 Å². The Balaban J connectivity index is 1.87. The van der Waals surface area contributed by atoms with E-state index in [9.17, 15) is 0 Å². The third-order valence-corrected chi connectivity index (χ3v) is 4.09. The molecular formula is C13H23ClN2. The van der Waals surface area contributed by atoms with Crippen molar-refractivity contribution in [2.75, 3.05) is 32.1 Å². The Morgan fingerprint density at radius 1 is 1.25 bits per heavy atom. The van der Waals surface area contributed by atoms with E-state index < -0.39 is 0 Å². The van der Waals surface area contributed by atoms with E-state index >= 15 is 0 Å². The van der Waals surface area contributed by atoms with Crippen LogP contribution < -0.4 is 0 Å². The second-order valence-corrected chi connectivity index (χ2v) is 5.38. The van der Waals surface area contributed by atoms with Gasteiger partial charge in [0.15, 0.2) is 0 Å². The standard InChI is InChI=1S/C13H23ClN2/c1-12-10-16-9-4-2-6-13(16)11-15(12)8-5-3-7-14/h3,5,12-13H,2,4,6-11H2,1H3. The summed E-state index contributed by atoms with van der Waals surface area (Å²) in [6.45, 7) is 7.23. The van der Waals surface area contributed by atoms with E-state index in [2.05, 4.69) is 28.9 Å². The van der Waals surface area contributed by atoms with Crippen LogP contribution in [0.25, 0.3) is 0 Å². The molecule has 0 aliphatic carbocycles. The molecule has 0 bridgehead atoms. The first-order valence-electron chi connectivity index (χ1n) is 6.50. The van der Waals surface area contributed by atoms with Gasteiger partial charge < -0.3 is 0 Å². The fraction of sp³-hybridized carbons (Fsp3) is 0.846. The second kappa shape index (κ2) is 6.04. The maximum atomic E-state index is 5.65. The van der Waals surface area contributed by atoms with E-state index in [-0.39, 0.29) is 0 Å². The number of hydrogen-bond donors (Lipinski definition) is 0. The number of fused-ring (bicyclic) bond motifs is 1. The zero-order valence-electron chi connectivity index (χ0n) is 10.2. The lowest BCUT2D eigenvalue weighted by Gasteiger charge is -2.47. The first-order valence-corrected chi connectivity index (χ1v) is 7.04. The lowest BCUT2D eigenvalue weighted by Crippen LogP contribution is -2.58. The number of piperazine rings is 1. The van der Waals surface area contributed by atoms with Gasteiger partial charge in [0.2, 0.25) is 0 Å². The first-order chi connectivity index (χ1) is 7.81. The molecule has 0 spiro atoms. The Morgan fingerprint density at radius 2 is 2.12 bits per heavy atom. The minimum absolute atomic E-state index is 0.637. The molecule has 2 saturated heterocycles. The van der Waals surface area contributed by atoms with Crippen LogP contribution in [0.5, 0.6) is 0 Å². The molecule has 0 aromatic carbocycles. The zero-order chi connectivity index (χ0) is 11.4. The van der Waals surface area contributed by atoms with E-state index in [0.717, 1.165) is 12.6 Å². The molecule has 16 heavy (non-hydrogen) atoms. The molecule has 0 amide bonds. The van der Waals surface area contributed by atoms with E-state index in [4.69, 9.17) is 11.6 Å². The highest BCUT2D eigenvalue weighted by Gasteiger charge is 2.31. The lowest BCUT2D eigenvalue weighted by atomic mass is 9.97. The summed E-state index contributed by atoms with van der Waals surface area (Å²) in [5.41, 5.74) is 0. The second-order valence-electron chi connectivity index (χ2n) is 5.07. The van der Waals surface area contributed by atoms with Crippen molar-refractivity contribution < 1.29 is 0 Å². The predicted octanol–water partition coefficient (Wildman–Crippen LogP) is 2.34. The predicted molar refractivity (Wildman–Crippen MR) is 70.1 cm³/mol. The molecule has 2 atom stereocenters.